The number of ether oxygens (including phenoxy) is 1. The third kappa shape index (κ3) is 6.72. The second kappa shape index (κ2) is 12.4. The van der Waals surface area contributed by atoms with Gasteiger partial charge in [0.25, 0.3) is 15.7 Å². The maximum absolute atomic E-state index is 13.8. The molecule has 1 atom stereocenters. The topological polar surface area (TPSA) is 110 Å². The summed E-state index contributed by atoms with van der Waals surface area (Å²) < 4.78 is 67.8. The number of halogens is 3. The van der Waals surface area contributed by atoms with Crippen molar-refractivity contribution in [3.8, 4) is 0 Å². The molecule has 8 nitrogen and oxygen atoms in total. The lowest BCUT2D eigenvalue weighted by Crippen LogP contribution is -2.50. The summed E-state index contributed by atoms with van der Waals surface area (Å²) in [5.41, 5.74) is -5.10. The van der Waals surface area contributed by atoms with Crippen molar-refractivity contribution in [1.29, 1.82) is 0 Å². The molecule has 1 unspecified atom stereocenters. The molecule has 0 radical (unpaired) electrons. The predicted molar refractivity (Wildman–Crippen MR) is 132 cm³/mol. The SMILES string of the molecule is CCOC(=O)CNC(=O)C(c1ccc(S(=O)(=O)C(F)(F)F)cc1)N(C(=O)c1ccccc1)C1CCCCC1. The van der Waals surface area contributed by atoms with Gasteiger partial charge in [-0.1, -0.05) is 49.6 Å². The quantitative estimate of drug-likeness (QED) is 0.466. The number of nitrogens with one attached hydrogen (secondary N) is 1. The van der Waals surface area contributed by atoms with Crippen LogP contribution in [0, 0.1) is 0 Å². The number of hydrogen-bond donors (Lipinski definition) is 1. The van der Waals surface area contributed by atoms with Gasteiger partial charge >= 0.3 is 11.5 Å². The molecule has 1 saturated carbocycles. The fourth-order valence-electron chi connectivity index (χ4n) is 4.45. The van der Waals surface area contributed by atoms with Gasteiger partial charge in [-0.2, -0.15) is 13.2 Å². The summed E-state index contributed by atoms with van der Waals surface area (Å²) in [6.07, 6.45) is 3.77. The Morgan fingerprint density at radius 3 is 2.16 bits per heavy atom. The van der Waals surface area contributed by atoms with Crippen molar-refractivity contribution in [2.75, 3.05) is 13.2 Å². The molecule has 12 heteroatoms. The van der Waals surface area contributed by atoms with Crippen LogP contribution in [0.5, 0.6) is 0 Å². The van der Waals surface area contributed by atoms with Crippen LogP contribution in [-0.4, -0.2) is 55.8 Å². The van der Waals surface area contributed by atoms with Crippen LogP contribution in [0.4, 0.5) is 13.2 Å². The highest BCUT2D eigenvalue weighted by Gasteiger charge is 2.47. The molecule has 0 spiro atoms. The van der Waals surface area contributed by atoms with Gasteiger partial charge in [-0.25, -0.2) is 8.42 Å². The summed E-state index contributed by atoms with van der Waals surface area (Å²) in [4.78, 5) is 39.6. The molecule has 0 aliphatic heterocycles. The monoisotopic (exact) mass is 554 g/mol. The number of carbonyl (C=O) groups excluding carboxylic acids is 3. The third-order valence-electron chi connectivity index (χ3n) is 6.27. The first kappa shape index (κ1) is 29.2. The summed E-state index contributed by atoms with van der Waals surface area (Å²) in [5.74, 6) is -1.93. The van der Waals surface area contributed by atoms with Crippen molar-refractivity contribution in [2.24, 2.45) is 0 Å². The fourth-order valence-corrected chi connectivity index (χ4v) is 5.21. The molecule has 3 rings (SSSR count). The maximum Gasteiger partial charge on any atom is 0.501 e. The molecular formula is C26H29F3N2O6S. The Labute approximate surface area is 219 Å². The van der Waals surface area contributed by atoms with Gasteiger partial charge in [-0.05, 0) is 49.6 Å². The molecular weight excluding hydrogens is 525 g/mol. The summed E-state index contributed by atoms with van der Waals surface area (Å²) in [6, 6.07) is 10.2. The van der Waals surface area contributed by atoms with Crippen LogP contribution in [0.15, 0.2) is 59.5 Å². The van der Waals surface area contributed by atoms with E-state index in [4.69, 9.17) is 4.74 Å². The number of nitrogens with zero attached hydrogens (tertiary/aromatic N) is 1. The average molecular weight is 555 g/mol. The zero-order chi connectivity index (χ0) is 27.9. The first-order valence-corrected chi connectivity index (χ1v) is 13.7. The number of alkyl halides is 3. The molecule has 0 heterocycles. The number of esters is 1. The molecule has 1 aliphatic carbocycles. The van der Waals surface area contributed by atoms with Crippen LogP contribution in [0.1, 0.15) is 61.0 Å². The van der Waals surface area contributed by atoms with Gasteiger partial charge in [-0.15, -0.1) is 0 Å². The molecule has 1 fully saturated rings. The van der Waals surface area contributed by atoms with Crippen LogP contribution >= 0.6 is 0 Å². The predicted octanol–water partition coefficient (Wildman–Crippen LogP) is 4.18. The Bertz CT molecular complexity index is 1230. The minimum Gasteiger partial charge on any atom is -0.465 e. The first-order valence-electron chi connectivity index (χ1n) is 12.2. The van der Waals surface area contributed by atoms with Crippen LogP contribution in [0.3, 0.4) is 0 Å². The van der Waals surface area contributed by atoms with Crippen LogP contribution in [-0.2, 0) is 24.2 Å². The largest absolute Gasteiger partial charge is 0.501 e. The number of rotatable bonds is 9. The summed E-state index contributed by atoms with van der Waals surface area (Å²) >= 11 is 0. The van der Waals surface area contributed by atoms with Crippen molar-refractivity contribution >= 4 is 27.6 Å². The summed E-state index contributed by atoms with van der Waals surface area (Å²) in [5, 5.41) is 2.46. The summed E-state index contributed by atoms with van der Waals surface area (Å²) in [6.45, 7) is 1.21. The van der Waals surface area contributed by atoms with E-state index in [1.807, 2.05) is 0 Å². The minimum absolute atomic E-state index is 0.0912. The van der Waals surface area contributed by atoms with Gasteiger partial charge in [0, 0.05) is 11.6 Å². The highest BCUT2D eigenvalue weighted by molar-refractivity contribution is 7.92. The lowest BCUT2D eigenvalue weighted by molar-refractivity contribution is -0.144. The number of benzene rings is 2. The van der Waals surface area contributed by atoms with E-state index in [1.54, 1.807) is 37.3 Å². The van der Waals surface area contributed by atoms with Crippen molar-refractivity contribution in [3.05, 3.63) is 65.7 Å². The van der Waals surface area contributed by atoms with Crippen molar-refractivity contribution in [1.82, 2.24) is 10.2 Å². The Kier molecular flexibility index (Phi) is 9.53. The van der Waals surface area contributed by atoms with Crippen molar-refractivity contribution in [2.45, 2.75) is 61.5 Å². The number of amides is 2. The van der Waals surface area contributed by atoms with Crippen LogP contribution in [0.25, 0.3) is 0 Å². The van der Waals surface area contributed by atoms with Gasteiger partial charge in [-0.3, -0.25) is 14.4 Å². The second-order valence-corrected chi connectivity index (χ2v) is 10.8. The zero-order valence-electron chi connectivity index (χ0n) is 20.7. The first-order chi connectivity index (χ1) is 18.0. The Morgan fingerprint density at radius 2 is 1.61 bits per heavy atom. The molecule has 0 saturated heterocycles. The van der Waals surface area contributed by atoms with Gasteiger partial charge in [0.1, 0.15) is 12.6 Å². The average Bonchev–Trinajstić information content (AvgIpc) is 2.90. The molecule has 2 aromatic carbocycles. The second-order valence-electron chi connectivity index (χ2n) is 8.81. The maximum atomic E-state index is 13.8. The van der Waals surface area contributed by atoms with Gasteiger partial charge in [0.15, 0.2) is 0 Å². The van der Waals surface area contributed by atoms with E-state index in [0.29, 0.717) is 18.4 Å². The van der Waals surface area contributed by atoms with E-state index >= 15 is 0 Å². The van der Waals surface area contributed by atoms with E-state index < -0.39 is 50.6 Å². The number of hydrogen-bond acceptors (Lipinski definition) is 6. The van der Waals surface area contributed by atoms with Gasteiger partial charge in [0.05, 0.1) is 11.5 Å². The van der Waals surface area contributed by atoms with Gasteiger partial charge in [0.2, 0.25) is 5.91 Å². The Balaban J connectivity index is 2.08. The smallest absolute Gasteiger partial charge is 0.465 e. The van der Waals surface area contributed by atoms with E-state index in [-0.39, 0.29) is 18.2 Å². The molecule has 38 heavy (non-hydrogen) atoms. The highest BCUT2D eigenvalue weighted by Crippen LogP contribution is 2.35. The van der Waals surface area contributed by atoms with Crippen LogP contribution in [0.2, 0.25) is 0 Å². The number of carbonyl (C=O) groups is 3. The zero-order valence-corrected chi connectivity index (χ0v) is 21.6. The van der Waals surface area contributed by atoms with E-state index in [0.717, 1.165) is 43.5 Å². The van der Waals surface area contributed by atoms with E-state index in [9.17, 15) is 36.0 Å². The third-order valence-corrected chi connectivity index (χ3v) is 7.78. The normalized spacial score (nSPS) is 15.4. The summed E-state index contributed by atoms with van der Waals surface area (Å²) in [7, 11) is -5.61. The molecule has 0 aromatic heterocycles. The number of sulfone groups is 1. The van der Waals surface area contributed by atoms with Gasteiger partial charge < -0.3 is 15.0 Å². The molecule has 1 N–H and O–H groups in total. The molecule has 1 aliphatic rings. The lowest BCUT2D eigenvalue weighted by atomic mass is 9.90. The highest BCUT2D eigenvalue weighted by atomic mass is 32.2. The molecule has 206 valence electrons. The van der Waals surface area contributed by atoms with E-state index in [2.05, 4.69) is 5.32 Å². The Hall–Kier alpha value is -3.41. The van der Waals surface area contributed by atoms with Crippen LogP contribution < -0.4 is 5.32 Å². The molecule has 2 aromatic rings. The lowest BCUT2D eigenvalue weighted by Gasteiger charge is -2.39. The fraction of sp³-hybridized carbons (Fsp3) is 0.423. The molecule has 0 bridgehead atoms. The Morgan fingerprint density at radius 1 is 1.00 bits per heavy atom. The standard InChI is InChI=1S/C26H29F3N2O6S/c1-2-37-22(32)17-30-24(33)23(18-13-15-21(16-14-18)38(35,36)26(27,28)29)31(20-11-7-4-8-12-20)25(34)19-9-5-3-6-10-19/h3,5-6,9-10,13-16,20,23H,2,4,7-8,11-12,17H2,1H3,(H,30,33). The van der Waals surface area contributed by atoms with Crippen molar-refractivity contribution in [3.63, 3.8) is 0 Å². The van der Waals surface area contributed by atoms with E-state index in [1.165, 1.54) is 4.90 Å². The van der Waals surface area contributed by atoms with Crippen molar-refractivity contribution < 1.29 is 40.7 Å². The molecule has 2 amide bonds. The minimum atomic E-state index is -5.61.